The number of hydrogen-bond donors (Lipinski definition) is 0. The maximum absolute atomic E-state index is 11.9. The van der Waals surface area contributed by atoms with Crippen LogP contribution in [0.2, 0.25) is 0 Å². The van der Waals surface area contributed by atoms with E-state index in [1.807, 2.05) is 24.3 Å². The first-order valence-corrected chi connectivity index (χ1v) is 9.92. The summed E-state index contributed by atoms with van der Waals surface area (Å²) < 4.78 is 7.33. The van der Waals surface area contributed by atoms with Crippen molar-refractivity contribution in [3.63, 3.8) is 0 Å². The fourth-order valence-electron chi connectivity index (χ4n) is 3.47. The number of rotatable bonds is 6. The van der Waals surface area contributed by atoms with E-state index < -0.39 is 0 Å². The van der Waals surface area contributed by atoms with Crippen LogP contribution in [0, 0.1) is 5.92 Å². The lowest BCUT2D eigenvalue weighted by molar-refractivity contribution is 0.159. The molecule has 7 heteroatoms. The molecule has 0 unspecified atom stereocenters. The van der Waals surface area contributed by atoms with Gasteiger partial charge < -0.3 is 9.64 Å². The second-order valence-corrected chi connectivity index (χ2v) is 7.52. The van der Waals surface area contributed by atoms with Crippen molar-refractivity contribution in [2.45, 2.75) is 19.4 Å². The molecule has 0 spiro atoms. The highest BCUT2D eigenvalue weighted by Crippen LogP contribution is 2.20. The third-order valence-corrected chi connectivity index (χ3v) is 5.25. The van der Waals surface area contributed by atoms with Gasteiger partial charge in [-0.05, 0) is 56.6 Å². The van der Waals surface area contributed by atoms with Gasteiger partial charge in [0.1, 0.15) is 0 Å². The van der Waals surface area contributed by atoms with Gasteiger partial charge in [-0.1, -0.05) is 18.2 Å². The number of aromatic nitrogens is 4. The van der Waals surface area contributed by atoms with Crippen LogP contribution in [-0.2, 0) is 6.54 Å². The van der Waals surface area contributed by atoms with Crippen LogP contribution >= 0.6 is 0 Å². The second-order valence-electron chi connectivity index (χ2n) is 7.52. The van der Waals surface area contributed by atoms with Crippen LogP contribution < -0.4 is 10.3 Å². The van der Waals surface area contributed by atoms with Crippen molar-refractivity contribution in [2.75, 3.05) is 26.7 Å². The minimum atomic E-state index is -0.125. The predicted octanol–water partition coefficient (Wildman–Crippen LogP) is 2.47. The molecule has 3 heterocycles. The lowest BCUT2D eigenvalue weighted by Crippen LogP contribution is -2.32. The molecule has 150 valence electrons. The van der Waals surface area contributed by atoms with E-state index in [0.717, 1.165) is 24.2 Å². The molecule has 29 heavy (non-hydrogen) atoms. The molecule has 0 N–H and O–H groups in total. The normalized spacial score (nSPS) is 15.3. The van der Waals surface area contributed by atoms with Crippen molar-refractivity contribution in [2.24, 2.45) is 5.92 Å². The molecule has 4 rings (SSSR count). The first-order chi connectivity index (χ1) is 14.2. The fraction of sp³-hybridized carbons (Fsp3) is 0.364. The van der Waals surface area contributed by atoms with Crippen molar-refractivity contribution < 1.29 is 4.74 Å². The van der Waals surface area contributed by atoms with E-state index in [2.05, 4.69) is 27.0 Å². The van der Waals surface area contributed by atoms with E-state index in [9.17, 15) is 4.79 Å². The molecule has 1 aromatic carbocycles. The van der Waals surface area contributed by atoms with E-state index in [0.29, 0.717) is 30.6 Å². The molecule has 1 saturated heterocycles. The molecule has 0 aliphatic carbocycles. The third-order valence-electron chi connectivity index (χ3n) is 5.25. The van der Waals surface area contributed by atoms with Gasteiger partial charge >= 0.3 is 0 Å². The van der Waals surface area contributed by atoms with Gasteiger partial charge in [-0.2, -0.15) is 5.10 Å². The molecule has 0 bridgehead atoms. The van der Waals surface area contributed by atoms with Gasteiger partial charge in [-0.15, -0.1) is 0 Å². The van der Waals surface area contributed by atoms with E-state index in [1.165, 1.54) is 23.6 Å². The molecule has 0 radical (unpaired) electrons. The summed E-state index contributed by atoms with van der Waals surface area (Å²) in [4.78, 5) is 23.1. The lowest BCUT2D eigenvalue weighted by Gasteiger charge is -2.28. The number of benzene rings is 1. The highest BCUT2D eigenvalue weighted by Gasteiger charge is 2.17. The van der Waals surface area contributed by atoms with E-state index >= 15 is 0 Å². The van der Waals surface area contributed by atoms with Crippen molar-refractivity contribution in [3.8, 4) is 17.1 Å². The Hall–Kier alpha value is -3.06. The van der Waals surface area contributed by atoms with Gasteiger partial charge in [0.25, 0.3) is 5.56 Å². The number of likely N-dealkylation sites (tertiary alicyclic amines) is 1. The Bertz CT molecular complexity index is 994. The van der Waals surface area contributed by atoms with E-state index in [1.54, 1.807) is 24.7 Å². The first-order valence-electron chi connectivity index (χ1n) is 9.92. The summed E-state index contributed by atoms with van der Waals surface area (Å²) in [6.07, 6.45) is 7.41. The second kappa shape index (κ2) is 8.96. The zero-order valence-electron chi connectivity index (χ0n) is 16.6. The minimum Gasteiger partial charge on any atom is -0.490 e. The highest BCUT2D eigenvalue weighted by molar-refractivity contribution is 5.56. The Kier molecular flexibility index (Phi) is 5.95. The molecular weight excluding hydrogens is 366 g/mol. The monoisotopic (exact) mass is 391 g/mol. The summed E-state index contributed by atoms with van der Waals surface area (Å²) in [6.45, 7) is 3.38. The average Bonchev–Trinajstić information content (AvgIpc) is 2.76. The van der Waals surface area contributed by atoms with Crippen LogP contribution in [0.5, 0.6) is 5.75 Å². The maximum Gasteiger partial charge on any atom is 0.267 e. The Morgan fingerprint density at radius 1 is 1.10 bits per heavy atom. The van der Waals surface area contributed by atoms with Crippen LogP contribution in [-0.4, -0.2) is 51.4 Å². The SMILES string of the molecule is CN1CCC(COc2cnc(-c3cccc(Cn4ncccc4=O)c3)nc2)CC1. The smallest absolute Gasteiger partial charge is 0.267 e. The number of ether oxygens (including phenoxy) is 1. The molecule has 0 atom stereocenters. The van der Waals surface area contributed by atoms with Crippen molar-refractivity contribution in [1.29, 1.82) is 0 Å². The predicted molar refractivity (Wildman–Crippen MR) is 111 cm³/mol. The van der Waals surface area contributed by atoms with Crippen LogP contribution in [0.25, 0.3) is 11.4 Å². The highest BCUT2D eigenvalue weighted by atomic mass is 16.5. The van der Waals surface area contributed by atoms with E-state index in [-0.39, 0.29) is 5.56 Å². The molecule has 1 aliphatic heterocycles. The maximum atomic E-state index is 11.9. The summed E-state index contributed by atoms with van der Waals surface area (Å²) in [7, 11) is 2.16. The minimum absolute atomic E-state index is 0.125. The lowest BCUT2D eigenvalue weighted by atomic mass is 9.98. The van der Waals surface area contributed by atoms with Gasteiger partial charge in [-0.3, -0.25) is 4.79 Å². The van der Waals surface area contributed by atoms with Crippen molar-refractivity contribution in [3.05, 3.63) is 70.9 Å². The Morgan fingerprint density at radius 2 is 1.90 bits per heavy atom. The summed E-state index contributed by atoms with van der Waals surface area (Å²) in [5.74, 6) is 1.92. The number of piperidine rings is 1. The molecule has 1 fully saturated rings. The first kappa shape index (κ1) is 19.3. The topological polar surface area (TPSA) is 73.1 Å². The van der Waals surface area contributed by atoms with Crippen LogP contribution in [0.3, 0.4) is 0 Å². The van der Waals surface area contributed by atoms with Crippen molar-refractivity contribution in [1.82, 2.24) is 24.6 Å². The van der Waals surface area contributed by atoms with Crippen LogP contribution in [0.1, 0.15) is 18.4 Å². The van der Waals surface area contributed by atoms with Gasteiger partial charge in [0.2, 0.25) is 0 Å². The van der Waals surface area contributed by atoms with Gasteiger partial charge in [0.05, 0.1) is 25.5 Å². The zero-order valence-corrected chi connectivity index (χ0v) is 16.6. The van der Waals surface area contributed by atoms with Gasteiger partial charge in [0, 0.05) is 17.8 Å². The van der Waals surface area contributed by atoms with E-state index in [4.69, 9.17) is 4.74 Å². The average molecular weight is 391 g/mol. The Labute approximate surface area is 170 Å². The van der Waals surface area contributed by atoms with Crippen LogP contribution in [0.15, 0.2) is 59.8 Å². The summed E-state index contributed by atoms with van der Waals surface area (Å²) in [5, 5.41) is 4.10. The molecule has 2 aromatic heterocycles. The number of hydrogen-bond acceptors (Lipinski definition) is 6. The molecule has 0 amide bonds. The quantitative estimate of drug-likeness (QED) is 0.643. The van der Waals surface area contributed by atoms with Crippen molar-refractivity contribution >= 4 is 0 Å². The zero-order chi connectivity index (χ0) is 20.1. The molecule has 7 nitrogen and oxygen atoms in total. The molecule has 0 saturated carbocycles. The standard InChI is InChI=1S/C22H25N5O2/c1-26-10-7-17(8-11-26)16-29-20-13-23-22(24-14-20)19-5-2-4-18(12-19)15-27-21(28)6-3-9-25-27/h2-6,9,12-14,17H,7-8,10-11,15-16H2,1H3. The number of nitrogens with zero attached hydrogens (tertiary/aromatic N) is 5. The summed E-state index contributed by atoms with van der Waals surface area (Å²) in [6, 6.07) is 11.0. The Balaban J connectivity index is 1.40. The Morgan fingerprint density at radius 3 is 2.66 bits per heavy atom. The molecule has 1 aliphatic rings. The largest absolute Gasteiger partial charge is 0.490 e. The molecule has 3 aromatic rings. The third kappa shape index (κ3) is 5.06. The van der Waals surface area contributed by atoms with Gasteiger partial charge in [-0.25, -0.2) is 14.6 Å². The summed E-state index contributed by atoms with van der Waals surface area (Å²) >= 11 is 0. The van der Waals surface area contributed by atoms with Gasteiger partial charge in [0.15, 0.2) is 11.6 Å². The summed E-state index contributed by atoms with van der Waals surface area (Å²) in [5.41, 5.74) is 1.74. The molecular formula is C22H25N5O2. The van der Waals surface area contributed by atoms with Crippen LogP contribution in [0.4, 0.5) is 0 Å². The fourth-order valence-corrected chi connectivity index (χ4v) is 3.47.